The van der Waals surface area contributed by atoms with E-state index in [1.54, 1.807) is 11.1 Å². The van der Waals surface area contributed by atoms with Crippen molar-refractivity contribution in [3.05, 3.63) is 69.0 Å². The van der Waals surface area contributed by atoms with E-state index in [2.05, 4.69) is 4.98 Å². The van der Waals surface area contributed by atoms with Crippen LogP contribution in [0.5, 0.6) is 0 Å². The van der Waals surface area contributed by atoms with Gasteiger partial charge in [-0.2, -0.15) is 0 Å². The van der Waals surface area contributed by atoms with E-state index in [9.17, 15) is 14.9 Å². The summed E-state index contributed by atoms with van der Waals surface area (Å²) in [5.74, 6) is -0.224. The van der Waals surface area contributed by atoms with Crippen LogP contribution in [-0.4, -0.2) is 27.3 Å². The predicted octanol–water partition coefficient (Wildman–Crippen LogP) is 3.62. The van der Waals surface area contributed by atoms with E-state index in [4.69, 9.17) is 11.6 Å². The summed E-state index contributed by atoms with van der Waals surface area (Å²) in [5.41, 5.74) is 0.991. The Bertz CT molecular complexity index is 751. The van der Waals surface area contributed by atoms with Crippen molar-refractivity contribution < 1.29 is 9.72 Å². The van der Waals surface area contributed by atoms with Crippen molar-refractivity contribution in [3.63, 3.8) is 0 Å². The van der Waals surface area contributed by atoms with Crippen LogP contribution in [0.2, 0.25) is 5.02 Å². The van der Waals surface area contributed by atoms with Crippen molar-refractivity contribution in [2.75, 3.05) is 6.54 Å². The molecule has 118 valence electrons. The number of benzene rings is 1. The summed E-state index contributed by atoms with van der Waals surface area (Å²) in [7, 11) is 0. The zero-order chi connectivity index (χ0) is 16.4. The van der Waals surface area contributed by atoms with E-state index in [1.807, 2.05) is 18.2 Å². The number of pyridine rings is 1. The minimum Gasteiger partial charge on any atom is -0.330 e. The molecule has 2 aromatic rings. The summed E-state index contributed by atoms with van der Waals surface area (Å²) in [6, 6.07) is 9.45. The van der Waals surface area contributed by atoms with Gasteiger partial charge in [-0.15, -0.1) is 0 Å². The molecule has 1 aromatic heterocycles. The minimum absolute atomic E-state index is 0.0880. The zero-order valence-corrected chi connectivity index (χ0v) is 12.9. The summed E-state index contributed by atoms with van der Waals surface area (Å²) >= 11 is 6.07. The van der Waals surface area contributed by atoms with Crippen LogP contribution in [0.4, 0.5) is 5.69 Å². The molecule has 1 saturated heterocycles. The Labute approximate surface area is 137 Å². The Hall–Kier alpha value is -2.47. The fraction of sp³-hybridized carbons (Fsp3) is 0.250. The first-order valence-electron chi connectivity index (χ1n) is 7.24. The van der Waals surface area contributed by atoms with Crippen LogP contribution in [0.1, 0.15) is 34.9 Å². The van der Waals surface area contributed by atoms with Gasteiger partial charge in [0.1, 0.15) is 0 Å². The van der Waals surface area contributed by atoms with Gasteiger partial charge in [0, 0.05) is 24.9 Å². The van der Waals surface area contributed by atoms with Crippen LogP contribution in [0.3, 0.4) is 0 Å². The number of rotatable bonds is 3. The quantitative estimate of drug-likeness (QED) is 0.635. The third kappa shape index (κ3) is 3.03. The van der Waals surface area contributed by atoms with E-state index in [1.165, 1.54) is 18.2 Å². The SMILES string of the molecule is O=C(c1ccc([N+](=O)[O-])cc1Cl)N1CCC[C@H]1c1ccccn1. The first-order chi connectivity index (χ1) is 11.1. The molecule has 1 atom stereocenters. The van der Waals surface area contributed by atoms with Crippen molar-refractivity contribution >= 4 is 23.2 Å². The van der Waals surface area contributed by atoms with Crippen LogP contribution >= 0.6 is 11.6 Å². The molecule has 0 unspecified atom stereocenters. The van der Waals surface area contributed by atoms with Gasteiger partial charge in [-0.1, -0.05) is 17.7 Å². The molecule has 7 heteroatoms. The Morgan fingerprint density at radius 2 is 2.17 bits per heavy atom. The third-order valence-corrected chi connectivity index (χ3v) is 4.25. The lowest BCUT2D eigenvalue weighted by molar-refractivity contribution is -0.384. The average Bonchev–Trinajstić information content (AvgIpc) is 3.04. The zero-order valence-electron chi connectivity index (χ0n) is 12.2. The molecule has 6 nitrogen and oxygen atoms in total. The second-order valence-electron chi connectivity index (χ2n) is 5.33. The molecule has 0 spiro atoms. The van der Waals surface area contributed by atoms with Gasteiger partial charge >= 0.3 is 0 Å². The highest BCUT2D eigenvalue weighted by atomic mass is 35.5. The number of nitrogens with zero attached hydrogens (tertiary/aromatic N) is 3. The summed E-state index contributed by atoms with van der Waals surface area (Å²) in [6.45, 7) is 0.618. The molecule has 1 aromatic carbocycles. The number of carbonyl (C=O) groups is 1. The molecule has 1 fully saturated rings. The maximum absolute atomic E-state index is 12.8. The van der Waals surface area contributed by atoms with Gasteiger partial charge in [-0.25, -0.2) is 0 Å². The van der Waals surface area contributed by atoms with E-state index in [-0.39, 0.29) is 28.2 Å². The number of hydrogen-bond donors (Lipinski definition) is 0. The number of carbonyl (C=O) groups excluding carboxylic acids is 1. The number of nitro groups is 1. The van der Waals surface area contributed by atoms with E-state index in [0.717, 1.165) is 18.5 Å². The summed E-state index contributed by atoms with van der Waals surface area (Å²) in [4.78, 5) is 29.1. The maximum atomic E-state index is 12.8. The summed E-state index contributed by atoms with van der Waals surface area (Å²) < 4.78 is 0. The van der Waals surface area contributed by atoms with Gasteiger partial charge < -0.3 is 4.90 Å². The molecule has 1 aliphatic rings. The van der Waals surface area contributed by atoms with Crippen LogP contribution < -0.4 is 0 Å². The summed E-state index contributed by atoms with van der Waals surface area (Å²) in [6.07, 6.45) is 3.43. The fourth-order valence-corrected chi connectivity index (χ4v) is 3.09. The maximum Gasteiger partial charge on any atom is 0.270 e. The largest absolute Gasteiger partial charge is 0.330 e. The standard InChI is InChI=1S/C16H14ClN3O3/c17-13-10-11(20(22)23)6-7-12(13)16(21)19-9-3-5-15(19)14-4-1-2-8-18-14/h1-2,4,6-8,10,15H,3,5,9H2/t15-/m0/s1. The lowest BCUT2D eigenvalue weighted by Crippen LogP contribution is -2.31. The molecule has 1 aliphatic heterocycles. The molecular formula is C16H14ClN3O3. The van der Waals surface area contributed by atoms with Crippen LogP contribution in [0.25, 0.3) is 0 Å². The number of likely N-dealkylation sites (tertiary alicyclic amines) is 1. The van der Waals surface area contributed by atoms with Crippen molar-refractivity contribution in [3.8, 4) is 0 Å². The Morgan fingerprint density at radius 1 is 1.35 bits per heavy atom. The first kappa shape index (κ1) is 15.4. The van der Waals surface area contributed by atoms with E-state index >= 15 is 0 Å². The van der Waals surface area contributed by atoms with Gasteiger partial charge in [0.05, 0.1) is 27.2 Å². The van der Waals surface area contributed by atoms with E-state index < -0.39 is 4.92 Å². The molecular weight excluding hydrogens is 318 g/mol. The van der Waals surface area contributed by atoms with Crippen molar-refractivity contribution in [1.82, 2.24) is 9.88 Å². The topological polar surface area (TPSA) is 76.3 Å². The molecule has 0 aliphatic carbocycles. The molecule has 1 amide bonds. The smallest absolute Gasteiger partial charge is 0.270 e. The molecule has 0 N–H and O–H groups in total. The number of amides is 1. The molecule has 0 bridgehead atoms. The lowest BCUT2D eigenvalue weighted by Gasteiger charge is -2.24. The highest BCUT2D eigenvalue weighted by Gasteiger charge is 2.32. The highest BCUT2D eigenvalue weighted by molar-refractivity contribution is 6.34. The molecule has 0 radical (unpaired) electrons. The molecule has 3 rings (SSSR count). The summed E-state index contributed by atoms with van der Waals surface area (Å²) in [5, 5.41) is 10.9. The van der Waals surface area contributed by atoms with E-state index in [0.29, 0.717) is 6.54 Å². The number of nitro benzene ring substituents is 1. The Balaban J connectivity index is 1.89. The van der Waals surface area contributed by atoms with Crippen molar-refractivity contribution in [2.45, 2.75) is 18.9 Å². The molecule has 23 heavy (non-hydrogen) atoms. The Morgan fingerprint density at radius 3 is 2.83 bits per heavy atom. The van der Waals surface area contributed by atoms with Gasteiger partial charge in [0.15, 0.2) is 0 Å². The average molecular weight is 332 g/mol. The number of hydrogen-bond acceptors (Lipinski definition) is 4. The number of aromatic nitrogens is 1. The third-order valence-electron chi connectivity index (χ3n) is 3.94. The van der Waals surface area contributed by atoms with Gasteiger partial charge in [-0.3, -0.25) is 19.9 Å². The van der Waals surface area contributed by atoms with Crippen LogP contribution in [0, 0.1) is 10.1 Å². The normalized spacial score (nSPS) is 17.3. The monoisotopic (exact) mass is 331 g/mol. The predicted molar refractivity (Wildman–Crippen MR) is 85.4 cm³/mol. The van der Waals surface area contributed by atoms with Crippen LogP contribution in [0.15, 0.2) is 42.6 Å². The number of non-ortho nitro benzene ring substituents is 1. The second-order valence-corrected chi connectivity index (χ2v) is 5.74. The molecule has 0 saturated carbocycles. The first-order valence-corrected chi connectivity index (χ1v) is 7.61. The minimum atomic E-state index is -0.535. The van der Waals surface area contributed by atoms with Gasteiger partial charge in [0.2, 0.25) is 0 Å². The number of halogens is 1. The van der Waals surface area contributed by atoms with Crippen molar-refractivity contribution in [2.24, 2.45) is 0 Å². The highest BCUT2D eigenvalue weighted by Crippen LogP contribution is 2.33. The van der Waals surface area contributed by atoms with Crippen molar-refractivity contribution in [1.29, 1.82) is 0 Å². The lowest BCUT2D eigenvalue weighted by atomic mass is 10.1. The Kier molecular flexibility index (Phi) is 4.25. The van der Waals surface area contributed by atoms with Gasteiger partial charge in [0.25, 0.3) is 11.6 Å². The second kappa shape index (κ2) is 6.34. The van der Waals surface area contributed by atoms with Crippen LogP contribution in [-0.2, 0) is 0 Å². The van der Waals surface area contributed by atoms with Gasteiger partial charge in [-0.05, 0) is 31.0 Å². The molecule has 2 heterocycles. The fourth-order valence-electron chi connectivity index (χ4n) is 2.84.